The summed E-state index contributed by atoms with van der Waals surface area (Å²) in [7, 11) is 1.88. The van der Waals surface area contributed by atoms with E-state index in [0.29, 0.717) is 0 Å². The molecule has 0 spiro atoms. The summed E-state index contributed by atoms with van der Waals surface area (Å²) in [5, 5.41) is 14.5. The van der Waals surface area contributed by atoms with Gasteiger partial charge in [-0.25, -0.2) is 0 Å². The maximum Gasteiger partial charge on any atom is 0.112 e. The molecule has 0 saturated carbocycles. The molecule has 0 radical (unpaired) electrons. The van der Waals surface area contributed by atoms with Gasteiger partial charge >= 0.3 is 0 Å². The van der Waals surface area contributed by atoms with Crippen LogP contribution in [0, 0.1) is 0 Å². The molecule has 4 heterocycles. The molecule has 0 amide bonds. The maximum absolute atomic E-state index is 10.4. The number of aromatic nitrogens is 2. The molecule has 1 aromatic heterocycles. The highest BCUT2D eigenvalue weighted by Gasteiger charge is 2.37. The van der Waals surface area contributed by atoms with E-state index in [4.69, 9.17) is 0 Å². The maximum atomic E-state index is 10.4. The zero-order chi connectivity index (χ0) is 11.1. The molecule has 5 heteroatoms. The highest BCUT2D eigenvalue weighted by Crippen LogP contribution is 2.26. The molecule has 0 aliphatic carbocycles. The van der Waals surface area contributed by atoms with Crippen molar-refractivity contribution in [1.82, 2.24) is 19.6 Å². The lowest BCUT2D eigenvalue weighted by molar-refractivity contribution is -0.0493. The van der Waals surface area contributed by atoms with Crippen molar-refractivity contribution >= 4 is 0 Å². The molecule has 16 heavy (non-hydrogen) atoms. The van der Waals surface area contributed by atoms with Gasteiger partial charge in [-0.1, -0.05) is 0 Å². The fourth-order valence-corrected chi connectivity index (χ4v) is 2.83. The van der Waals surface area contributed by atoms with Gasteiger partial charge in [-0.2, -0.15) is 5.10 Å². The van der Waals surface area contributed by atoms with Crippen molar-refractivity contribution in [1.29, 1.82) is 0 Å². The minimum absolute atomic E-state index is 0.234. The van der Waals surface area contributed by atoms with Gasteiger partial charge < -0.3 is 5.11 Å². The van der Waals surface area contributed by atoms with Crippen molar-refractivity contribution in [3.05, 3.63) is 18.0 Å². The van der Waals surface area contributed by atoms with E-state index in [1.54, 1.807) is 10.9 Å². The molecular formula is C11H18N4O. The van der Waals surface area contributed by atoms with Gasteiger partial charge in [-0.15, -0.1) is 0 Å². The SMILES string of the molecule is Cn1nccc1C(O)C1CN2CCN1CC2. The third-order valence-corrected chi connectivity index (χ3v) is 3.85. The molecule has 88 valence electrons. The number of nitrogens with zero attached hydrogens (tertiary/aromatic N) is 4. The van der Waals surface area contributed by atoms with Gasteiger partial charge in [0.2, 0.25) is 0 Å². The van der Waals surface area contributed by atoms with Gasteiger partial charge in [-0.3, -0.25) is 14.5 Å². The average molecular weight is 222 g/mol. The molecule has 3 fully saturated rings. The number of hydrogen-bond donors (Lipinski definition) is 1. The summed E-state index contributed by atoms with van der Waals surface area (Å²) >= 11 is 0. The first kappa shape index (κ1) is 10.3. The molecule has 1 aromatic rings. The Bertz CT molecular complexity index is 370. The zero-order valence-corrected chi connectivity index (χ0v) is 9.58. The van der Waals surface area contributed by atoms with E-state index in [0.717, 1.165) is 38.4 Å². The lowest BCUT2D eigenvalue weighted by atomic mass is 10.00. The van der Waals surface area contributed by atoms with Crippen molar-refractivity contribution in [3.63, 3.8) is 0 Å². The lowest BCUT2D eigenvalue weighted by Gasteiger charge is -2.48. The molecular weight excluding hydrogens is 204 g/mol. The standard InChI is InChI=1S/C11H18N4O/c1-13-9(2-3-12-13)11(16)10-8-14-4-6-15(10)7-5-14/h2-3,10-11,16H,4-8H2,1H3. The van der Waals surface area contributed by atoms with Crippen LogP contribution in [0.4, 0.5) is 0 Å². The van der Waals surface area contributed by atoms with E-state index in [1.807, 2.05) is 13.1 Å². The van der Waals surface area contributed by atoms with Gasteiger partial charge in [0.15, 0.2) is 0 Å². The predicted octanol–water partition coefficient (Wildman–Crippen LogP) is -0.547. The van der Waals surface area contributed by atoms with Crippen LogP contribution in [0.3, 0.4) is 0 Å². The van der Waals surface area contributed by atoms with Gasteiger partial charge in [0.1, 0.15) is 6.10 Å². The Hall–Kier alpha value is -0.910. The second-order valence-corrected chi connectivity index (χ2v) is 4.73. The Balaban J connectivity index is 1.80. The lowest BCUT2D eigenvalue weighted by Crippen LogP contribution is -2.62. The molecule has 3 saturated heterocycles. The Kier molecular flexibility index (Phi) is 2.46. The summed E-state index contributed by atoms with van der Waals surface area (Å²) in [4.78, 5) is 4.84. The Morgan fingerprint density at radius 1 is 1.38 bits per heavy atom. The number of aliphatic hydroxyl groups is 1. The molecule has 5 nitrogen and oxygen atoms in total. The highest BCUT2D eigenvalue weighted by atomic mass is 16.3. The molecule has 3 aliphatic rings. The minimum atomic E-state index is -0.421. The van der Waals surface area contributed by atoms with Gasteiger partial charge in [0.25, 0.3) is 0 Å². The van der Waals surface area contributed by atoms with Crippen LogP contribution in [-0.2, 0) is 7.05 Å². The van der Waals surface area contributed by atoms with E-state index < -0.39 is 6.10 Å². The second kappa shape index (κ2) is 3.84. The van der Waals surface area contributed by atoms with E-state index >= 15 is 0 Å². The molecule has 4 rings (SSSR count). The molecule has 2 atom stereocenters. The van der Waals surface area contributed by atoms with Crippen LogP contribution in [0.2, 0.25) is 0 Å². The average Bonchev–Trinajstić information content (AvgIpc) is 2.76. The number of hydrogen-bond acceptors (Lipinski definition) is 4. The van der Waals surface area contributed by atoms with Crippen LogP contribution >= 0.6 is 0 Å². The first-order valence-corrected chi connectivity index (χ1v) is 5.88. The number of fused-ring (bicyclic) bond motifs is 3. The molecule has 3 aliphatic heterocycles. The fourth-order valence-electron chi connectivity index (χ4n) is 2.83. The first-order chi connectivity index (χ1) is 7.75. The summed E-state index contributed by atoms with van der Waals surface area (Å²) in [6.45, 7) is 5.44. The topological polar surface area (TPSA) is 44.5 Å². The number of aliphatic hydroxyl groups excluding tert-OH is 1. The van der Waals surface area contributed by atoms with Crippen molar-refractivity contribution in [2.75, 3.05) is 32.7 Å². The van der Waals surface area contributed by atoms with Crippen LogP contribution < -0.4 is 0 Å². The van der Waals surface area contributed by atoms with E-state index in [2.05, 4.69) is 14.9 Å². The fraction of sp³-hybridized carbons (Fsp3) is 0.727. The summed E-state index contributed by atoms with van der Waals surface area (Å²) in [5.74, 6) is 0. The van der Waals surface area contributed by atoms with E-state index in [1.165, 1.54) is 0 Å². The molecule has 1 N–H and O–H groups in total. The normalized spacial score (nSPS) is 35.2. The molecule has 0 aromatic carbocycles. The van der Waals surface area contributed by atoms with E-state index in [-0.39, 0.29) is 6.04 Å². The summed E-state index contributed by atoms with van der Waals surface area (Å²) in [6.07, 6.45) is 1.32. The minimum Gasteiger partial charge on any atom is -0.385 e. The van der Waals surface area contributed by atoms with Crippen molar-refractivity contribution in [3.8, 4) is 0 Å². The summed E-state index contributed by atoms with van der Waals surface area (Å²) < 4.78 is 1.77. The summed E-state index contributed by atoms with van der Waals surface area (Å²) in [5.41, 5.74) is 0.916. The Labute approximate surface area is 95.3 Å². The third-order valence-electron chi connectivity index (χ3n) is 3.85. The number of rotatable bonds is 2. The van der Waals surface area contributed by atoms with Crippen LogP contribution in [0.1, 0.15) is 11.8 Å². The van der Waals surface area contributed by atoms with Gasteiger partial charge in [0.05, 0.1) is 11.7 Å². The highest BCUT2D eigenvalue weighted by molar-refractivity contribution is 5.09. The molecule has 2 unspecified atom stereocenters. The molecule has 2 bridgehead atoms. The number of aryl methyl sites for hydroxylation is 1. The van der Waals surface area contributed by atoms with Crippen LogP contribution in [-0.4, -0.2) is 63.5 Å². The second-order valence-electron chi connectivity index (χ2n) is 4.73. The summed E-state index contributed by atoms with van der Waals surface area (Å²) in [6, 6.07) is 2.14. The monoisotopic (exact) mass is 222 g/mol. The Morgan fingerprint density at radius 2 is 2.12 bits per heavy atom. The smallest absolute Gasteiger partial charge is 0.112 e. The zero-order valence-electron chi connectivity index (χ0n) is 9.58. The van der Waals surface area contributed by atoms with Gasteiger partial charge in [-0.05, 0) is 6.07 Å². The van der Waals surface area contributed by atoms with Crippen molar-refractivity contribution in [2.45, 2.75) is 12.1 Å². The third kappa shape index (κ3) is 1.55. The first-order valence-electron chi connectivity index (χ1n) is 5.88. The number of piperazine rings is 3. The van der Waals surface area contributed by atoms with Gasteiger partial charge in [0, 0.05) is 46.0 Å². The van der Waals surface area contributed by atoms with Crippen LogP contribution in [0.25, 0.3) is 0 Å². The Morgan fingerprint density at radius 3 is 2.62 bits per heavy atom. The van der Waals surface area contributed by atoms with Crippen LogP contribution in [0.15, 0.2) is 12.3 Å². The van der Waals surface area contributed by atoms with Crippen molar-refractivity contribution in [2.24, 2.45) is 7.05 Å². The largest absolute Gasteiger partial charge is 0.385 e. The quantitative estimate of drug-likeness (QED) is 0.729. The predicted molar refractivity (Wildman–Crippen MR) is 60.0 cm³/mol. The van der Waals surface area contributed by atoms with E-state index in [9.17, 15) is 5.11 Å². The van der Waals surface area contributed by atoms with Crippen molar-refractivity contribution < 1.29 is 5.11 Å². The van der Waals surface area contributed by atoms with Crippen LogP contribution in [0.5, 0.6) is 0 Å².